The Balaban J connectivity index is 0.00000529. The Kier molecular flexibility index (Phi) is 10.3. The Morgan fingerprint density at radius 2 is 2.12 bits per heavy atom. The van der Waals surface area contributed by atoms with Gasteiger partial charge in [-0.1, -0.05) is 25.4 Å². The van der Waals surface area contributed by atoms with Crippen molar-refractivity contribution in [1.29, 1.82) is 0 Å². The second-order valence-electron chi connectivity index (χ2n) is 5.60. The fourth-order valence-corrected chi connectivity index (χ4v) is 2.26. The molecule has 1 atom stereocenters. The summed E-state index contributed by atoms with van der Waals surface area (Å²) < 4.78 is 5.33. The molecular weight excluding hydrogens is 357 g/mol. The van der Waals surface area contributed by atoms with Crippen molar-refractivity contribution in [1.82, 2.24) is 5.32 Å². The first-order valence-electron chi connectivity index (χ1n) is 7.39. The number of benzene rings is 1. The molecule has 0 aromatic heterocycles. The number of hydrogen-bond acceptors (Lipinski definition) is 5. The second-order valence-corrected chi connectivity index (χ2v) is 6.03. The van der Waals surface area contributed by atoms with Gasteiger partial charge in [0.25, 0.3) is 0 Å². The lowest BCUT2D eigenvalue weighted by Gasteiger charge is -2.18. The number of nitro benzene ring substituents is 1. The number of nitrogens with two attached hydrogens (primary N) is 1. The van der Waals surface area contributed by atoms with E-state index in [1.54, 1.807) is 0 Å². The molecule has 24 heavy (non-hydrogen) atoms. The molecule has 0 radical (unpaired) electrons. The van der Waals surface area contributed by atoms with Crippen LogP contribution in [0.25, 0.3) is 0 Å². The van der Waals surface area contributed by atoms with Crippen LogP contribution in [0.15, 0.2) is 18.2 Å². The molecule has 1 aromatic rings. The summed E-state index contributed by atoms with van der Waals surface area (Å²) in [5.74, 6) is 0.319. The maximum atomic E-state index is 11.9. The van der Waals surface area contributed by atoms with E-state index in [-0.39, 0.29) is 53.8 Å². The molecule has 1 rings (SSSR count). The van der Waals surface area contributed by atoms with Crippen molar-refractivity contribution < 1.29 is 14.5 Å². The van der Waals surface area contributed by atoms with Crippen molar-refractivity contribution in [2.75, 3.05) is 13.2 Å². The minimum absolute atomic E-state index is 0. The monoisotopic (exact) mass is 379 g/mol. The lowest BCUT2D eigenvalue weighted by molar-refractivity contribution is -0.385. The number of nitrogens with one attached hydrogen (secondary N) is 1. The van der Waals surface area contributed by atoms with Crippen LogP contribution < -0.4 is 15.8 Å². The number of carbonyl (C=O) groups excluding carboxylic acids is 1. The first-order chi connectivity index (χ1) is 10.8. The number of amides is 1. The van der Waals surface area contributed by atoms with Gasteiger partial charge < -0.3 is 15.8 Å². The summed E-state index contributed by atoms with van der Waals surface area (Å²) in [6, 6.07) is 4.05. The van der Waals surface area contributed by atoms with E-state index in [9.17, 15) is 14.9 Å². The van der Waals surface area contributed by atoms with Gasteiger partial charge in [-0.15, -0.1) is 12.4 Å². The van der Waals surface area contributed by atoms with Crippen LogP contribution in [-0.2, 0) is 4.79 Å². The highest BCUT2D eigenvalue weighted by Gasteiger charge is 2.17. The summed E-state index contributed by atoms with van der Waals surface area (Å²) in [5.41, 5.74) is 5.40. The highest BCUT2D eigenvalue weighted by molar-refractivity contribution is 6.30. The maximum Gasteiger partial charge on any atom is 0.312 e. The maximum absolute atomic E-state index is 11.9. The SMILES string of the molecule is CC(C)CC(CN)NC(=O)CCOc1ccc(Cl)cc1[N+](=O)[O-].Cl. The van der Waals surface area contributed by atoms with Crippen molar-refractivity contribution in [3.63, 3.8) is 0 Å². The minimum Gasteiger partial charge on any atom is -0.486 e. The normalized spacial score (nSPS) is 11.5. The third kappa shape index (κ3) is 7.81. The third-order valence-corrected chi connectivity index (χ3v) is 3.35. The van der Waals surface area contributed by atoms with E-state index in [4.69, 9.17) is 22.1 Å². The summed E-state index contributed by atoms with van der Waals surface area (Å²) in [4.78, 5) is 22.2. The number of carbonyl (C=O) groups is 1. The molecule has 9 heteroatoms. The lowest BCUT2D eigenvalue weighted by atomic mass is 10.0. The fourth-order valence-electron chi connectivity index (χ4n) is 2.09. The van der Waals surface area contributed by atoms with Crippen molar-refractivity contribution in [3.8, 4) is 5.75 Å². The van der Waals surface area contributed by atoms with Gasteiger partial charge in [-0.3, -0.25) is 14.9 Å². The van der Waals surface area contributed by atoms with Crippen LogP contribution >= 0.6 is 24.0 Å². The molecule has 0 aliphatic rings. The molecule has 0 aliphatic carbocycles. The van der Waals surface area contributed by atoms with Crippen molar-refractivity contribution >= 4 is 35.6 Å². The molecule has 136 valence electrons. The number of halogens is 2. The molecule has 0 saturated carbocycles. The molecule has 0 bridgehead atoms. The molecule has 3 N–H and O–H groups in total. The summed E-state index contributed by atoms with van der Waals surface area (Å²) >= 11 is 5.72. The summed E-state index contributed by atoms with van der Waals surface area (Å²) in [6.07, 6.45) is 0.889. The molecule has 0 aliphatic heterocycles. The standard InChI is InChI=1S/C15H22ClN3O4.ClH/c1-10(2)7-12(9-17)18-15(20)5-6-23-14-4-3-11(16)8-13(14)19(21)22;/h3-4,8,10,12H,5-7,9,17H2,1-2H3,(H,18,20);1H. The Labute approximate surface area is 152 Å². The summed E-state index contributed by atoms with van der Waals surface area (Å²) in [5, 5.41) is 14.0. The molecule has 1 unspecified atom stereocenters. The van der Waals surface area contributed by atoms with Gasteiger partial charge in [-0.25, -0.2) is 0 Å². The van der Waals surface area contributed by atoms with E-state index in [0.29, 0.717) is 12.5 Å². The van der Waals surface area contributed by atoms with E-state index in [1.807, 2.05) is 0 Å². The second kappa shape index (κ2) is 11.1. The quantitative estimate of drug-likeness (QED) is 0.506. The fraction of sp³-hybridized carbons (Fsp3) is 0.533. The molecule has 0 saturated heterocycles. The average molecular weight is 380 g/mol. The topological polar surface area (TPSA) is 107 Å². The number of nitrogens with zero attached hydrogens (tertiary/aromatic N) is 1. The predicted molar refractivity (Wildman–Crippen MR) is 95.9 cm³/mol. The van der Waals surface area contributed by atoms with Gasteiger partial charge in [-0.2, -0.15) is 0 Å². The highest BCUT2D eigenvalue weighted by Crippen LogP contribution is 2.29. The zero-order valence-corrected chi connectivity index (χ0v) is 15.2. The van der Waals surface area contributed by atoms with Crippen LogP contribution in [0.1, 0.15) is 26.7 Å². The number of hydrogen-bond donors (Lipinski definition) is 2. The molecular formula is C15H23Cl2N3O4. The van der Waals surface area contributed by atoms with Gasteiger partial charge in [0, 0.05) is 23.7 Å². The van der Waals surface area contributed by atoms with E-state index >= 15 is 0 Å². The Bertz CT molecular complexity index is 556. The molecule has 1 amide bonds. The van der Waals surface area contributed by atoms with Crippen LogP contribution in [0, 0.1) is 16.0 Å². The third-order valence-electron chi connectivity index (χ3n) is 3.11. The van der Waals surface area contributed by atoms with E-state index < -0.39 is 4.92 Å². The number of nitro groups is 1. The smallest absolute Gasteiger partial charge is 0.312 e. The first kappa shape index (κ1) is 22.4. The Morgan fingerprint density at radius 3 is 2.67 bits per heavy atom. The summed E-state index contributed by atoms with van der Waals surface area (Å²) in [7, 11) is 0. The highest BCUT2D eigenvalue weighted by atomic mass is 35.5. The van der Waals surface area contributed by atoms with Crippen LogP contribution in [0.5, 0.6) is 5.75 Å². The zero-order chi connectivity index (χ0) is 17.4. The number of ether oxygens (including phenoxy) is 1. The van der Waals surface area contributed by atoms with Crippen LogP contribution in [0.3, 0.4) is 0 Å². The van der Waals surface area contributed by atoms with Crippen molar-refractivity contribution in [2.24, 2.45) is 11.7 Å². The Hall–Kier alpha value is -1.57. The Morgan fingerprint density at radius 1 is 1.46 bits per heavy atom. The molecule has 7 nitrogen and oxygen atoms in total. The first-order valence-corrected chi connectivity index (χ1v) is 7.77. The molecule has 0 spiro atoms. The lowest BCUT2D eigenvalue weighted by Crippen LogP contribution is -2.41. The van der Waals surface area contributed by atoms with Gasteiger partial charge in [0.15, 0.2) is 5.75 Å². The van der Waals surface area contributed by atoms with Crippen LogP contribution in [-0.4, -0.2) is 30.0 Å². The van der Waals surface area contributed by atoms with E-state index in [2.05, 4.69) is 19.2 Å². The largest absolute Gasteiger partial charge is 0.486 e. The van der Waals surface area contributed by atoms with Crippen molar-refractivity contribution in [3.05, 3.63) is 33.3 Å². The van der Waals surface area contributed by atoms with Gasteiger partial charge in [0.05, 0.1) is 18.0 Å². The van der Waals surface area contributed by atoms with E-state index in [1.165, 1.54) is 18.2 Å². The van der Waals surface area contributed by atoms with Gasteiger partial charge in [-0.05, 0) is 24.5 Å². The van der Waals surface area contributed by atoms with Gasteiger partial charge in [0.2, 0.25) is 5.91 Å². The van der Waals surface area contributed by atoms with Gasteiger partial charge >= 0.3 is 5.69 Å². The van der Waals surface area contributed by atoms with Gasteiger partial charge in [0.1, 0.15) is 0 Å². The zero-order valence-electron chi connectivity index (χ0n) is 13.7. The average Bonchev–Trinajstić information content (AvgIpc) is 2.47. The van der Waals surface area contributed by atoms with E-state index in [0.717, 1.165) is 6.42 Å². The number of rotatable bonds is 9. The molecule has 0 heterocycles. The van der Waals surface area contributed by atoms with Crippen molar-refractivity contribution in [2.45, 2.75) is 32.7 Å². The van der Waals surface area contributed by atoms with Crippen LogP contribution in [0.4, 0.5) is 5.69 Å². The molecule has 0 fully saturated rings. The molecule has 1 aromatic carbocycles. The van der Waals surface area contributed by atoms with Crippen LogP contribution in [0.2, 0.25) is 5.02 Å². The predicted octanol–water partition coefficient (Wildman–Crippen LogP) is 2.93. The summed E-state index contributed by atoms with van der Waals surface area (Å²) in [6.45, 7) is 4.51. The minimum atomic E-state index is -0.575.